The van der Waals surface area contributed by atoms with Gasteiger partial charge in [-0.05, 0) is 57.0 Å². The van der Waals surface area contributed by atoms with E-state index in [2.05, 4.69) is 21.4 Å². The number of phenols is 2. The van der Waals surface area contributed by atoms with Crippen LogP contribution < -0.4 is 11.1 Å². The molecule has 1 aliphatic rings. The van der Waals surface area contributed by atoms with Gasteiger partial charge >= 0.3 is 0 Å². The van der Waals surface area contributed by atoms with Crippen LogP contribution in [0.4, 0.5) is 5.82 Å². The summed E-state index contributed by atoms with van der Waals surface area (Å²) >= 11 is 0. The highest BCUT2D eigenvalue weighted by Crippen LogP contribution is 2.38. The van der Waals surface area contributed by atoms with Crippen LogP contribution in [-0.4, -0.2) is 33.8 Å². The number of nitrogens with one attached hydrogen (secondary N) is 1. The van der Waals surface area contributed by atoms with E-state index in [9.17, 15) is 15.5 Å². The second-order valence-electron chi connectivity index (χ2n) is 7.15. The Morgan fingerprint density at radius 3 is 2.78 bits per heavy atom. The molecule has 3 rings (SSSR count). The molecule has 2 atom stereocenters. The fourth-order valence-corrected chi connectivity index (χ4v) is 3.91. The van der Waals surface area contributed by atoms with Crippen LogP contribution in [0.3, 0.4) is 0 Å². The van der Waals surface area contributed by atoms with Crippen molar-refractivity contribution in [2.45, 2.75) is 38.0 Å². The third-order valence-electron chi connectivity index (χ3n) is 5.21. The molecule has 7 nitrogen and oxygen atoms in total. The van der Waals surface area contributed by atoms with E-state index in [4.69, 9.17) is 5.73 Å². The predicted octanol–water partition coefficient (Wildman–Crippen LogP) is 2.89. The molecule has 0 radical (unpaired) electrons. The molecule has 27 heavy (non-hydrogen) atoms. The van der Waals surface area contributed by atoms with Crippen molar-refractivity contribution in [3.05, 3.63) is 29.5 Å². The van der Waals surface area contributed by atoms with Crippen LogP contribution in [0, 0.1) is 17.2 Å². The number of nitrogens with two attached hydrogens (primary N) is 1. The maximum absolute atomic E-state index is 10.2. The Hall–Kier alpha value is -2.85. The normalized spacial score (nSPS) is 20.0. The number of benzene rings is 1. The summed E-state index contributed by atoms with van der Waals surface area (Å²) in [4.78, 5) is 8.84. The van der Waals surface area contributed by atoms with Crippen molar-refractivity contribution in [3.8, 4) is 29.0 Å². The smallest absolute Gasteiger partial charge is 0.165 e. The first-order valence-corrected chi connectivity index (χ1v) is 9.28. The quantitative estimate of drug-likeness (QED) is 0.483. The van der Waals surface area contributed by atoms with Crippen molar-refractivity contribution in [1.82, 2.24) is 15.3 Å². The van der Waals surface area contributed by atoms with E-state index in [0.29, 0.717) is 22.7 Å². The molecule has 0 amide bonds. The molecule has 0 bridgehead atoms. The van der Waals surface area contributed by atoms with Gasteiger partial charge in [-0.1, -0.05) is 12.8 Å². The standard InChI is InChI=1S/C20H25N5O2/c1-23-11-12-4-2-3-5-13(8-12)18-16(10-21)19(22)25-20(24-18)15-9-14(26)6-7-17(15)27/h6-7,9,12-13,23,26-27H,2-5,8,11H2,1H3,(H2,22,24,25). The van der Waals surface area contributed by atoms with Crippen LogP contribution in [0.5, 0.6) is 11.5 Å². The van der Waals surface area contributed by atoms with Crippen LogP contribution >= 0.6 is 0 Å². The SMILES string of the molecule is CNCC1CCCCC(c2nc(-c3cc(O)ccc3O)nc(N)c2C#N)C1. The van der Waals surface area contributed by atoms with Gasteiger partial charge in [-0.2, -0.15) is 5.26 Å². The van der Waals surface area contributed by atoms with E-state index >= 15 is 0 Å². The van der Waals surface area contributed by atoms with Crippen molar-refractivity contribution in [2.75, 3.05) is 19.3 Å². The monoisotopic (exact) mass is 367 g/mol. The lowest BCUT2D eigenvalue weighted by molar-refractivity contribution is 0.415. The number of anilines is 1. The van der Waals surface area contributed by atoms with Gasteiger partial charge in [-0.15, -0.1) is 0 Å². The Kier molecular flexibility index (Phi) is 5.77. The number of rotatable bonds is 4. The minimum absolute atomic E-state index is 0.000526. The number of hydrogen-bond acceptors (Lipinski definition) is 7. The molecule has 1 saturated carbocycles. The zero-order valence-corrected chi connectivity index (χ0v) is 15.4. The van der Waals surface area contributed by atoms with Crippen LogP contribution in [0.15, 0.2) is 18.2 Å². The van der Waals surface area contributed by atoms with Crippen molar-refractivity contribution in [2.24, 2.45) is 5.92 Å². The number of aromatic nitrogens is 2. The molecule has 1 aromatic heterocycles. The van der Waals surface area contributed by atoms with Gasteiger partial charge in [0.25, 0.3) is 0 Å². The molecule has 1 aromatic carbocycles. The highest BCUT2D eigenvalue weighted by atomic mass is 16.3. The molecule has 1 heterocycles. The summed E-state index contributed by atoms with van der Waals surface area (Å²) in [6, 6.07) is 6.33. The van der Waals surface area contributed by atoms with E-state index in [1.54, 1.807) is 0 Å². The first-order chi connectivity index (χ1) is 13.0. The molecule has 1 aliphatic carbocycles. The number of hydrogen-bond donors (Lipinski definition) is 4. The number of nitrogen functional groups attached to an aromatic ring is 1. The predicted molar refractivity (Wildman–Crippen MR) is 103 cm³/mol. The molecule has 0 aliphatic heterocycles. The molecule has 2 unspecified atom stereocenters. The lowest BCUT2D eigenvalue weighted by atomic mass is 9.88. The Labute approximate surface area is 158 Å². The molecule has 2 aromatic rings. The summed E-state index contributed by atoms with van der Waals surface area (Å²) in [6.45, 7) is 0.930. The van der Waals surface area contributed by atoms with E-state index in [-0.39, 0.29) is 29.1 Å². The van der Waals surface area contributed by atoms with Crippen molar-refractivity contribution in [1.29, 1.82) is 5.26 Å². The maximum Gasteiger partial charge on any atom is 0.165 e. The Morgan fingerprint density at radius 1 is 1.26 bits per heavy atom. The van der Waals surface area contributed by atoms with Crippen LogP contribution in [-0.2, 0) is 0 Å². The number of nitriles is 1. The number of phenolic OH excluding ortho intramolecular Hbond substituents is 2. The minimum Gasteiger partial charge on any atom is -0.508 e. The summed E-state index contributed by atoms with van der Waals surface area (Å²) in [5, 5.41) is 32.8. The van der Waals surface area contributed by atoms with Gasteiger partial charge in [-0.3, -0.25) is 0 Å². The molecule has 5 N–H and O–H groups in total. The summed E-state index contributed by atoms with van der Waals surface area (Å²) < 4.78 is 0. The summed E-state index contributed by atoms with van der Waals surface area (Å²) in [5.74, 6) is 0.919. The summed E-state index contributed by atoms with van der Waals surface area (Å²) in [5.41, 5.74) is 7.32. The van der Waals surface area contributed by atoms with Gasteiger partial charge in [0.2, 0.25) is 0 Å². The maximum atomic E-state index is 10.2. The third kappa shape index (κ3) is 4.12. The van der Waals surface area contributed by atoms with E-state index in [0.717, 1.165) is 38.6 Å². The average molecular weight is 367 g/mol. The fraction of sp³-hybridized carbons (Fsp3) is 0.450. The minimum atomic E-state index is -0.0446. The topological polar surface area (TPSA) is 128 Å². The zero-order chi connectivity index (χ0) is 19.4. The number of nitrogens with zero attached hydrogens (tertiary/aromatic N) is 3. The van der Waals surface area contributed by atoms with Gasteiger partial charge in [0.1, 0.15) is 28.9 Å². The van der Waals surface area contributed by atoms with Gasteiger partial charge < -0.3 is 21.3 Å². The molecule has 0 saturated heterocycles. The average Bonchev–Trinajstić information content (AvgIpc) is 2.89. The third-order valence-corrected chi connectivity index (χ3v) is 5.21. The Morgan fingerprint density at radius 2 is 2.04 bits per heavy atom. The summed E-state index contributed by atoms with van der Waals surface area (Å²) in [6.07, 6.45) is 5.26. The van der Waals surface area contributed by atoms with Crippen molar-refractivity contribution < 1.29 is 10.2 Å². The Bertz CT molecular complexity index is 862. The molecular weight excluding hydrogens is 342 g/mol. The lowest BCUT2D eigenvalue weighted by Crippen LogP contribution is -2.20. The fourth-order valence-electron chi connectivity index (χ4n) is 3.91. The Balaban J connectivity index is 2.07. The van der Waals surface area contributed by atoms with E-state index in [1.165, 1.54) is 18.2 Å². The molecule has 7 heteroatoms. The van der Waals surface area contributed by atoms with Crippen LogP contribution in [0.2, 0.25) is 0 Å². The number of aromatic hydroxyl groups is 2. The van der Waals surface area contributed by atoms with Gasteiger partial charge in [0.05, 0.1) is 11.3 Å². The van der Waals surface area contributed by atoms with E-state index < -0.39 is 0 Å². The highest BCUT2D eigenvalue weighted by Gasteiger charge is 2.27. The zero-order valence-electron chi connectivity index (χ0n) is 15.4. The highest BCUT2D eigenvalue weighted by molar-refractivity contribution is 5.68. The van der Waals surface area contributed by atoms with Gasteiger partial charge in [0.15, 0.2) is 5.82 Å². The second kappa shape index (κ2) is 8.23. The lowest BCUT2D eigenvalue weighted by Gasteiger charge is -2.21. The largest absolute Gasteiger partial charge is 0.508 e. The molecule has 1 fully saturated rings. The molecule has 0 spiro atoms. The summed E-state index contributed by atoms with van der Waals surface area (Å²) in [7, 11) is 1.95. The van der Waals surface area contributed by atoms with Gasteiger partial charge in [0, 0.05) is 5.92 Å². The first kappa shape index (κ1) is 18.9. The molecule has 142 valence electrons. The second-order valence-corrected chi connectivity index (χ2v) is 7.15. The van der Waals surface area contributed by atoms with Gasteiger partial charge in [-0.25, -0.2) is 9.97 Å². The van der Waals surface area contributed by atoms with E-state index in [1.807, 2.05) is 7.05 Å². The van der Waals surface area contributed by atoms with Crippen molar-refractivity contribution in [3.63, 3.8) is 0 Å². The van der Waals surface area contributed by atoms with Crippen molar-refractivity contribution >= 4 is 5.82 Å². The molecular formula is C20H25N5O2. The first-order valence-electron chi connectivity index (χ1n) is 9.28. The van der Waals surface area contributed by atoms with Crippen LogP contribution in [0.1, 0.15) is 49.3 Å². The van der Waals surface area contributed by atoms with Crippen LogP contribution in [0.25, 0.3) is 11.4 Å².